The van der Waals surface area contributed by atoms with Crippen molar-refractivity contribution in [3.63, 3.8) is 0 Å². The molecule has 1 saturated heterocycles. The molecule has 0 aromatic heterocycles. The molecule has 1 amide bonds. The predicted molar refractivity (Wildman–Crippen MR) is 54.8 cm³/mol. The van der Waals surface area contributed by atoms with E-state index in [4.69, 9.17) is 10.5 Å². The number of carbonyl (C=O) groups excluding carboxylic acids is 1. The van der Waals surface area contributed by atoms with Crippen LogP contribution in [-0.4, -0.2) is 43.2 Å². The number of nitrogens with zero attached hydrogens (tertiary/aromatic N) is 1. The zero-order valence-electron chi connectivity index (χ0n) is 9.03. The lowest BCUT2D eigenvalue weighted by molar-refractivity contribution is -0.140. The number of hydrogen-bond donors (Lipinski definition) is 1. The Morgan fingerprint density at radius 2 is 2.36 bits per heavy atom. The second-order valence-electron chi connectivity index (χ2n) is 4.03. The summed E-state index contributed by atoms with van der Waals surface area (Å²) in [6.07, 6.45) is 0.635. The highest BCUT2D eigenvalue weighted by molar-refractivity contribution is 5.76. The smallest absolute Gasteiger partial charge is 0.224 e. The molecule has 4 nitrogen and oxygen atoms in total. The third-order valence-corrected chi connectivity index (χ3v) is 2.55. The molecule has 0 aliphatic carbocycles. The molecular formula is C10H20N2O2. The lowest BCUT2D eigenvalue weighted by Gasteiger charge is -2.34. The van der Waals surface area contributed by atoms with E-state index in [9.17, 15) is 4.79 Å². The number of amides is 1. The molecule has 0 spiro atoms. The summed E-state index contributed by atoms with van der Waals surface area (Å²) in [5, 5.41) is 0. The minimum absolute atomic E-state index is 0.154. The van der Waals surface area contributed by atoms with Gasteiger partial charge < -0.3 is 15.4 Å². The van der Waals surface area contributed by atoms with Crippen molar-refractivity contribution in [2.24, 2.45) is 11.7 Å². The lowest BCUT2D eigenvalue weighted by atomic mass is 10.1. The summed E-state index contributed by atoms with van der Waals surface area (Å²) < 4.78 is 5.57. The van der Waals surface area contributed by atoms with Gasteiger partial charge >= 0.3 is 0 Å². The summed E-state index contributed by atoms with van der Waals surface area (Å²) in [5.41, 5.74) is 5.35. The van der Waals surface area contributed by atoms with Gasteiger partial charge in [0.2, 0.25) is 5.91 Å². The van der Waals surface area contributed by atoms with E-state index in [0.717, 1.165) is 6.54 Å². The maximum Gasteiger partial charge on any atom is 0.224 e. The molecule has 1 aliphatic rings. The van der Waals surface area contributed by atoms with Gasteiger partial charge in [-0.3, -0.25) is 4.79 Å². The molecule has 1 heterocycles. The van der Waals surface area contributed by atoms with Crippen molar-refractivity contribution in [1.29, 1.82) is 0 Å². The van der Waals surface area contributed by atoms with Crippen LogP contribution in [0.4, 0.5) is 0 Å². The molecule has 2 N–H and O–H groups in total. The van der Waals surface area contributed by atoms with Crippen LogP contribution in [0.1, 0.15) is 20.3 Å². The Morgan fingerprint density at radius 3 is 2.93 bits per heavy atom. The van der Waals surface area contributed by atoms with Crippen LogP contribution in [0.25, 0.3) is 0 Å². The molecule has 0 aromatic rings. The largest absolute Gasteiger partial charge is 0.374 e. The molecule has 0 saturated carbocycles. The number of hydrogen-bond acceptors (Lipinski definition) is 3. The van der Waals surface area contributed by atoms with Crippen molar-refractivity contribution in [3.05, 3.63) is 0 Å². The first-order chi connectivity index (χ1) is 6.65. The molecule has 1 aliphatic heterocycles. The minimum atomic E-state index is 0.154. The van der Waals surface area contributed by atoms with Gasteiger partial charge in [0.15, 0.2) is 0 Å². The van der Waals surface area contributed by atoms with Gasteiger partial charge in [-0.25, -0.2) is 0 Å². The number of nitrogens with two attached hydrogens (primary N) is 1. The molecule has 4 heteroatoms. The van der Waals surface area contributed by atoms with E-state index >= 15 is 0 Å². The van der Waals surface area contributed by atoms with Gasteiger partial charge in [0.05, 0.1) is 12.7 Å². The monoisotopic (exact) mass is 200 g/mol. The molecule has 1 fully saturated rings. The van der Waals surface area contributed by atoms with Crippen LogP contribution in [0.5, 0.6) is 0 Å². The van der Waals surface area contributed by atoms with E-state index in [1.807, 2.05) is 4.90 Å². The summed E-state index contributed by atoms with van der Waals surface area (Å²) in [7, 11) is 0. The van der Waals surface area contributed by atoms with Crippen LogP contribution in [0, 0.1) is 5.92 Å². The Bertz CT molecular complexity index is 195. The Kier molecular flexibility index (Phi) is 4.35. The van der Waals surface area contributed by atoms with Crippen molar-refractivity contribution in [2.75, 3.05) is 26.2 Å². The van der Waals surface area contributed by atoms with Gasteiger partial charge in [-0.15, -0.1) is 0 Å². The number of carbonyl (C=O) groups is 1. The fraction of sp³-hybridized carbons (Fsp3) is 0.900. The Hall–Kier alpha value is -0.610. The van der Waals surface area contributed by atoms with E-state index in [0.29, 0.717) is 32.0 Å². The summed E-state index contributed by atoms with van der Waals surface area (Å²) >= 11 is 0. The van der Waals surface area contributed by atoms with E-state index in [2.05, 4.69) is 13.8 Å². The van der Waals surface area contributed by atoms with Crippen LogP contribution in [0.2, 0.25) is 0 Å². The third kappa shape index (κ3) is 2.96. The van der Waals surface area contributed by atoms with Crippen LogP contribution >= 0.6 is 0 Å². The standard InChI is InChI=1S/C10H20N2O2/c1-8(2)9-7-12(5-6-14-9)10(13)3-4-11/h8-9H,3-7,11H2,1-2H3. The summed E-state index contributed by atoms with van der Waals surface area (Å²) in [4.78, 5) is 13.4. The summed E-state index contributed by atoms with van der Waals surface area (Å²) in [6.45, 7) is 6.74. The van der Waals surface area contributed by atoms with E-state index < -0.39 is 0 Å². The van der Waals surface area contributed by atoms with Gasteiger partial charge in [-0.2, -0.15) is 0 Å². The van der Waals surface area contributed by atoms with E-state index in [1.165, 1.54) is 0 Å². The van der Waals surface area contributed by atoms with E-state index in [1.54, 1.807) is 0 Å². The zero-order valence-corrected chi connectivity index (χ0v) is 9.03. The zero-order chi connectivity index (χ0) is 10.6. The first-order valence-electron chi connectivity index (χ1n) is 5.24. The van der Waals surface area contributed by atoms with Crippen molar-refractivity contribution in [1.82, 2.24) is 4.90 Å². The summed E-state index contributed by atoms with van der Waals surface area (Å²) in [6, 6.07) is 0. The average molecular weight is 200 g/mol. The molecular weight excluding hydrogens is 180 g/mol. The highest BCUT2D eigenvalue weighted by atomic mass is 16.5. The topological polar surface area (TPSA) is 55.6 Å². The quantitative estimate of drug-likeness (QED) is 0.709. The van der Waals surface area contributed by atoms with Gasteiger partial charge in [-0.1, -0.05) is 13.8 Å². The maximum absolute atomic E-state index is 11.6. The highest BCUT2D eigenvalue weighted by Gasteiger charge is 2.25. The van der Waals surface area contributed by atoms with Crippen molar-refractivity contribution >= 4 is 5.91 Å². The SMILES string of the molecule is CC(C)C1CN(C(=O)CCN)CCO1. The number of rotatable bonds is 3. The molecule has 14 heavy (non-hydrogen) atoms. The Balaban J connectivity index is 2.43. The molecule has 1 unspecified atom stereocenters. The predicted octanol–water partition coefficient (Wildman–Crippen LogP) is 0.219. The lowest BCUT2D eigenvalue weighted by Crippen LogP contribution is -2.47. The van der Waals surface area contributed by atoms with Crippen LogP contribution in [-0.2, 0) is 9.53 Å². The second-order valence-corrected chi connectivity index (χ2v) is 4.03. The van der Waals surface area contributed by atoms with Crippen LogP contribution in [0.15, 0.2) is 0 Å². The fourth-order valence-corrected chi connectivity index (χ4v) is 1.59. The molecule has 0 aromatic carbocycles. The van der Waals surface area contributed by atoms with Gasteiger partial charge in [0, 0.05) is 26.1 Å². The third-order valence-electron chi connectivity index (χ3n) is 2.55. The molecule has 1 atom stereocenters. The van der Waals surface area contributed by atoms with Gasteiger partial charge in [0.25, 0.3) is 0 Å². The normalized spacial score (nSPS) is 22.9. The van der Waals surface area contributed by atoms with Gasteiger partial charge in [-0.05, 0) is 5.92 Å². The van der Waals surface area contributed by atoms with Gasteiger partial charge in [0.1, 0.15) is 0 Å². The maximum atomic E-state index is 11.6. The van der Waals surface area contributed by atoms with Crippen LogP contribution < -0.4 is 5.73 Å². The first kappa shape index (κ1) is 11.5. The first-order valence-corrected chi connectivity index (χ1v) is 5.24. The Labute approximate surface area is 85.4 Å². The molecule has 0 bridgehead atoms. The fourth-order valence-electron chi connectivity index (χ4n) is 1.59. The second kappa shape index (κ2) is 5.32. The molecule has 1 rings (SSSR count). The van der Waals surface area contributed by atoms with Crippen LogP contribution in [0.3, 0.4) is 0 Å². The number of ether oxygens (including phenoxy) is 1. The van der Waals surface area contributed by atoms with Crippen molar-refractivity contribution in [3.8, 4) is 0 Å². The van der Waals surface area contributed by atoms with Crippen molar-refractivity contribution < 1.29 is 9.53 Å². The highest BCUT2D eigenvalue weighted by Crippen LogP contribution is 2.13. The van der Waals surface area contributed by atoms with Crippen molar-refractivity contribution in [2.45, 2.75) is 26.4 Å². The molecule has 82 valence electrons. The summed E-state index contributed by atoms with van der Waals surface area (Å²) in [5.74, 6) is 0.616. The number of morpholine rings is 1. The average Bonchev–Trinajstić information content (AvgIpc) is 2.18. The van der Waals surface area contributed by atoms with E-state index in [-0.39, 0.29) is 12.0 Å². The molecule has 0 radical (unpaired) electrons. The Morgan fingerprint density at radius 1 is 1.64 bits per heavy atom. The minimum Gasteiger partial charge on any atom is -0.374 e.